The van der Waals surface area contributed by atoms with E-state index < -0.39 is 5.97 Å². The van der Waals surface area contributed by atoms with E-state index in [0.717, 1.165) is 30.5 Å². The Morgan fingerprint density at radius 1 is 1.09 bits per heavy atom. The van der Waals surface area contributed by atoms with Crippen LogP contribution in [0.1, 0.15) is 56.0 Å². The Kier molecular flexibility index (Phi) is 8.45. The minimum absolute atomic E-state index is 0.104. The number of hydrogen-bond donors (Lipinski definition) is 2. The van der Waals surface area contributed by atoms with Gasteiger partial charge in [0.25, 0.3) is 0 Å². The van der Waals surface area contributed by atoms with E-state index in [4.69, 9.17) is 22.1 Å². The lowest BCUT2D eigenvalue weighted by Crippen LogP contribution is -2.09. The summed E-state index contributed by atoms with van der Waals surface area (Å²) >= 11 is 7.40. The van der Waals surface area contributed by atoms with Gasteiger partial charge < -0.3 is 15.8 Å². The average molecular weight is 471 g/mol. The molecule has 0 unspecified atom stereocenters. The Morgan fingerprint density at radius 2 is 1.84 bits per heavy atom. The van der Waals surface area contributed by atoms with E-state index in [-0.39, 0.29) is 5.78 Å². The third-order valence-electron chi connectivity index (χ3n) is 5.13. The van der Waals surface area contributed by atoms with Gasteiger partial charge in [0.05, 0.1) is 17.6 Å². The largest absolute Gasteiger partial charge is 0.465 e. The second-order valence-corrected chi connectivity index (χ2v) is 8.99. The molecule has 3 rings (SSSR count). The highest BCUT2D eigenvalue weighted by molar-refractivity contribution is 7.18. The Morgan fingerprint density at radius 3 is 2.50 bits per heavy atom. The van der Waals surface area contributed by atoms with E-state index in [0.29, 0.717) is 44.6 Å². The molecule has 0 aliphatic carbocycles. The number of thiophene rings is 1. The van der Waals surface area contributed by atoms with Crippen molar-refractivity contribution < 1.29 is 14.3 Å². The van der Waals surface area contributed by atoms with Crippen LogP contribution in [-0.2, 0) is 11.2 Å². The normalized spacial score (nSPS) is 10.8. The molecule has 0 aliphatic rings. The van der Waals surface area contributed by atoms with Crippen molar-refractivity contribution in [2.24, 2.45) is 5.73 Å². The van der Waals surface area contributed by atoms with Gasteiger partial charge in [0.15, 0.2) is 0 Å². The van der Waals surface area contributed by atoms with Crippen molar-refractivity contribution in [2.45, 2.75) is 32.6 Å². The number of ketones is 1. The molecule has 168 valence electrons. The highest BCUT2D eigenvalue weighted by Crippen LogP contribution is 2.38. The number of methoxy groups -OCH3 is 1. The van der Waals surface area contributed by atoms with Gasteiger partial charge >= 0.3 is 5.97 Å². The molecular weight excluding hydrogens is 444 g/mol. The fourth-order valence-corrected chi connectivity index (χ4v) is 4.86. The Hall–Kier alpha value is -2.67. The van der Waals surface area contributed by atoms with Crippen molar-refractivity contribution in [3.8, 4) is 0 Å². The van der Waals surface area contributed by atoms with Crippen molar-refractivity contribution in [3.05, 3.63) is 80.7 Å². The number of carbonyl (C=O) groups excluding carboxylic acids is 2. The Labute approximate surface area is 197 Å². The van der Waals surface area contributed by atoms with Crippen LogP contribution in [0.2, 0.25) is 5.02 Å². The van der Waals surface area contributed by atoms with Crippen molar-refractivity contribution in [1.82, 2.24) is 0 Å². The van der Waals surface area contributed by atoms with Crippen LogP contribution in [0.3, 0.4) is 0 Å². The lowest BCUT2D eigenvalue weighted by atomic mass is 9.98. The van der Waals surface area contributed by atoms with E-state index in [1.807, 2.05) is 43.3 Å². The number of unbranched alkanes of at least 4 members (excludes halogenated alkanes) is 2. The summed E-state index contributed by atoms with van der Waals surface area (Å²) < 4.78 is 5.09. The topological polar surface area (TPSA) is 81.4 Å². The van der Waals surface area contributed by atoms with Gasteiger partial charge in [0.1, 0.15) is 5.00 Å². The first-order valence-electron chi connectivity index (χ1n) is 10.5. The van der Waals surface area contributed by atoms with Crippen molar-refractivity contribution in [3.63, 3.8) is 0 Å². The number of rotatable bonds is 10. The van der Waals surface area contributed by atoms with Crippen LogP contribution in [0.5, 0.6) is 0 Å². The molecule has 32 heavy (non-hydrogen) atoms. The molecule has 2 aromatic carbocycles. The molecule has 0 fully saturated rings. The van der Waals surface area contributed by atoms with Crippen LogP contribution in [0.4, 0.5) is 10.7 Å². The van der Waals surface area contributed by atoms with Gasteiger partial charge in [-0.05, 0) is 56.5 Å². The van der Waals surface area contributed by atoms with E-state index in [1.165, 1.54) is 18.4 Å². The number of benzene rings is 2. The molecule has 0 aliphatic heterocycles. The summed E-state index contributed by atoms with van der Waals surface area (Å²) in [5, 5.41) is 4.41. The summed E-state index contributed by atoms with van der Waals surface area (Å²) in [6.07, 6.45) is 3.22. The number of anilines is 2. The Bertz CT molecular complexity index is 1090. The molecule has 1 heterocycles. The maximum atomic E-state index is 13.4. The molecule has 0 atom stereocenters. The number of ether oxygens (including phenoxy) is 1. The number of carbonyl (C=O) groups is 2. The molecule has 3 aromatic rings. The molecule has 5 nitrogen and oxygen atoms in total. The SMILES string of the molecule is COC(=O)c1c(Nc2cccc(Cl)c2)sc(C(=O)c2ccc(C)cc2)c1CCCCCN. The van der Waals surface area contributed by atoms with Crippen molar-refractivity contribution >= 4 is 45.4 Å². The van der Waals surface area contributed by atoms with Gasteiger partial charge in [-0.1, -0.05) is 53.9 Å². The van der Waals surface area contributed by atoms with Crippen LogP contribution in [-0.4, -0.2) is 25.4 Å². The first kappa shape index (κ1) is 24.0. The molecule has 0 radical (unpaired) electrons. The van der Waals surface area contributed by atoms with Crippen LogP contribution < -0.4 is 11.1 Å². The predicted molar refractivity (Wildman–Crippen MR) is 132 cm³/mol. The fraction of sp³-hybridized carbons (Fsp3) is 0.280. The van der Waals surface area contributed by atoms with E-state index >= 15 is 0 Å². The number of hydrogen-bond acceptors (Lipinski definition) is 6. The molecule has 3 N–H and O–H groups in total. The van der Waals surface area contributed by atoms with Crippen LogP contribution >= 0.6 is 22.9 Å². The molecule has 0 amide bonds. The molecule has 0 saturated heterocycles. The van der Waals surface area contributed by atoms with Crippen LogP contribution in [0.25, 0.3) is 0 Å². The second kappa shape index (κ2) is 11.3. The van der Waals surface area contributed by atoms with Crippen LogP contribution in [0, 0.1) is 6.92 Å². The van der Waals surface area contributed by atoms with Crippen molar-refractivity contribution in [1.29, 1.82) is 0 Å². The summed E-state index contributed by atoms with van der Waals surface area (Å²) in [7, 11) is 1.35. The highest BCUT2D eigenvalue weighted by Gasteiger charge is 2.28. The van der Waals surface area contributed by atoms with E-state index in [1.54, 1.807) is 12.1 Å². The minimum Gasteiger partial charge on any atom is -0.465 e. The minimum atomic E-state index is -0.470. The standard InChI is InChI=1S/C25H27ClN2O3S/c1-16-10-12-17(13-11-16)22(29)23-20(9-4-3-5-14-27)21(25(30)31-2)24(32-23)28-19-8-6-7-18(26)15-19/h6-8,10-13,15,28H,3-5,9,14,27H2,1-2H3. The summed E-state index contributed by atoms with van der Waals surface area (Å²) in [6.45, 7) is 2.59. The zero-order chi connectivity index (χ0) is 23.1. The molecule has 1 aromatic heterocycles. The quantitative estimate of drug-likeness (QED) is 0.211. The number of halogens is 1. The summed E-state index contributed by atoms with van der Waals surface area (Å²) in [5.74, 6) is -0.573. The van der Waals surface area contributed by atoms with Gasteiger partial charge in [-0.15, -0.1) is 11.3 Å². The fourth-order valence-electron chi connectivity index (χ4n) is 3.45. The predicted octanol–water partition coefficient (Wildman–Crippen LogP) is 6.14. The smallest absolute Gasteiger partial charge is 0.341 e. The average Bonchev–Trinajstić information content (AvgIpc) is 3.14. The first-order valence-corrected chi connectivity index (χ1v) is 11.7. The summed E-state index contributed by atoms with van der Waals surface area (Å²) in [6, 6.07) is 14.7. The van der Waals surface area contributed by atoms with Gasteiger partial charge in [0, 0.05) is 16.3 Å². The summed E-state index contributed by atoms with van der Waals surface area (Å²) in [5.41, 5.74) is 9.14. The van der Waals surface area contributed by atoms with E-state index in [9.17, 15) is 9.59 Å². The number of aryl methyl sites for hydroxylation is 1. The third kappa shape index (κ3) is 5.76. The second-order valence-electron chi connectivity index (χ2n) is 7.54. The third-order valence-corrected chi connectivity index (χ3v) is 6.51. The maximum absolute atomic E-state index is 13.4. The number of esters is 1. The monoisotopic (exact) mass is 470 g/mol. The zero-order valence-electron chi connectivity index (χ0n) is 18.2. The lowest BCUT2D eigenvalue weighted by molar-refractivity contribution is 0.0601. The van der Waals surface area contributed by atoms with Gasteiger partial charge in [-0.25, -0.2) is 4.79 Å². The zero-order valence-corrected chi connectivity index (χ0v) is 19.8. The van der Waals surface area contributed by atoms with Crippen molar-refractivity contribution in [2.75, 3.05) is 19.0 Å². The van der Waals surface area contributed by atoms with E-state index in [2.05, 4.69) is 5.32 Å². The summed E-state index contributed by atoms with van der Waals surface area (Å²) in [4.78, 5) is 26.8. The number of nitrogens with one attached hydrogen (secondary N) is 1. The van der Waals surface area contributed by atoms with Gasteiger partial charge in [0.2, 0.25) is 5.78 Å². The lowest BCUT2D eigenvalue weighted by Gasteiger charge is -2.09. The Balaban J connectivity index is 2.07. The molecule has 7 heteroatoms. The van der Waals surface area contributed by atoms with Gasteiger partial charge in [-0.2, -0.15) is 0 Å². The van der Waals surface area contributed by atoms with Gasteiger partial charge in [-0.3, -0.25) is 4.79 Å². The molecular formula is C25H27ClN2O3S. The molecule has 0 bridgehead atoms. The first-order chi connectivity index (χ1) is 15.4. The molecule has 0 saturated carbocycles. The highest BCUT2D eigenvalue weighted by atomic mass is 35.5. The van der Waals surface area contributed by atoms with Crippen LogP contribution in [0.15, 0.2) is 48.5 Å². The number of nitrogens with two attached hydrogens (primary N) is 1. The molecule has 0 spiro atoms. The maximum Gasteiger partial charge on any atom is 0.341 e.